The lowest BCUT2D eigenvalue weighted by Gasteiger charge is -2.30. The van der Waals surface area contributed by atoms with Crippen LogP contribution in [0.15, 0.2) is 61.4 Å². The van der Waals surface area contributed by atoms with Crippen molar-refractivity contribution in [3.8, 4) is 11.7 Å². The molecule has 9 heteroatoms. The Hall–Kier alpha value is -3.07. The Morgan fingerprint density at radius 2 is 1.86 bits per heavy atom. The van der Waals surface area contributed by atoms with Gasteiger partial charge in [-0.05, 0) is 44.0 Å². The van der Waals surface area contributed by atoms with E-state index in [0.29, 0.717) is 31.7 Å². The van der Waals surface area contributed by atoms with Crippen LogP contribution in [0.25, 0.3) is 11.7 Å². The number of hydrogen-bond acceptors (Lipinski definition) is 7. The van der Waals surface area contributed by atoms with E-state index >= 15 is 0 Å². The van der Waals surface area contributed by atoms with Crippen LogP contribution in [0.4, 0.5) is 5.88 Å². The molecule has 4 rings (SSSR count). The highest BCUT2D eigenvalue weighted by molar-refractivity contribution is 7.91. The summed E-state index contributed by atoms with van der Waals surface area (Å²) in [7, 11) is -3.92. The summed E-state index contributed by atoms with van der Waals surface area (Å²) in [5.41, 5.74) is 6.36. The second-order valence-electron chi connectivity index (χ2n) is 7.09. The van der Waals surface area contributed by atoms with Crippen LogP contribution in [0.1, 0.15) is 18.4 Å². The number of rotatable bonds is 5. The Kier molecular flexibility index (Phi) is 4.91. The van der Waals surface area contributed by atoms with Crippen LogP contribution >= 0.6 is 0 Å². The number of piperidine rings is 1. The van der Waals surface area contributed by atoms with Gasteiger partial charge in [0, 0.05) is 19.0 Å². The number of carbonyl (C=O) groups excluding carboxylic acids is 1. The van der Waals surface area contributed by atoms with E-state index in [0.717, 1.165) is 5.56 Å². The summed E-state index contributed by atoms with van der Waals surface area (Å²) < 4.78 is 37.8. The number of furan rings is 1. The molecule has 1 fully saturated rings. The van der Waals surface area contributed by atoms with Gasteiger partial charge in [0.25, 0.3) is 5.89 Å². The number of primary amides is 1. The first-order valence-electron chi connectivity index (χ1n) is 9.27. The average Bonchev–Trinajstić information content (AvgIpc) is 3.38. The number of hydrogen-bond donors (Lipinski definition) is 1. The van der Waals surface area contributed by atoms with Crippen LogP contribution in [-0.2, 0) is 14.6 Å². The maximum Gasteiger partial charge on any atom is 0.266 e. The number of nitrogens with zero attached hydrogens (tertiary/aromatic N) is 2. The van der Waals surface area contributed by atoms with E-state index in [9.17, 15) is 13.2 Å². The molecular formula is C20H21N3O5S. The van der Waals surface area contributed by atoms with Gasteiger partial charge < -0.3 is 19.5 Å². The van der Waals surface area contributed by atoms with E-state index in [1.54, 1.807) is 41.3 Å². The Morgan fingerprint density at radius 3 is 2.45 bits per heavy atom. The van der Waals surface area contributed by atoms with E-state index in [1.807, 2.05) is 6.92 Å². The SMILES string of the molecule is Cc1ccc(S(=O)(=O)c2nc(-c3ccco3)oc2N2CCC(C(N)=O)CC2)cc1. The predicted octanol–water partition coefficient (Wildman–Crippen LogP) is 2.78. The summed E-state index contributed by atoms with van der Waals surface area (Å²) in [6.45, 7) is 2.77. The Labute approximate surface area is 168 Å². The summed E-state index contributed by atoms with van der Waals surface area (Å²) in [6.07, 6.45) is 2.51. The second kappa shape index (κ2) is 7.40. The topological polar surface area (TPSA) is 120 Å². The van der Waals surface area contributed by atoms with Gasteiger partial charge in [-0.3, -0.25) is 4.79 Å². The third-order valence-electron chi connectivity index (χ3n) is 5.08. The van der Waals surface area contributed by atoms with Gasteiger partial charge in [-0.1, -0.05) is 17.7 Å². The molecule has 1 aliphatic heterocycles. The fourth-order valence-electron chi connectivity index (χ4n) is 3.37. The van der Waals surface area contributed by atoms with Crippen molar-refractivity contribution in [2.24, 2.45) is 11.7 Å². The number of aromatic nitrogens is 1. The molecule has 0 atom stereocenters. The summed E-state index contributed by atoms with van der Waals surface area (Å²) in [5, 5.41) is -0.162. The molecule has 3 aromatic rings. The fraction of sp³-hybridized carbons (Fsp3) is 0.300. The quantitative estimate of drug-likeness (QED) is 0.680. The van der Waals surface area contributed by atoms with E-state index in [2.05, 4.69) is 4.98 Å². The zero-order valence-corrected chi connectivity index (χ0v) is 16.7. The number of carbonyl (C=O) groups is 1. The second-order valence-corrected chi connectivity index (χ2v) is 8.95. The molecule has 0 unspecified atom stereocenters. The zero-order valence-electron chi connectivity index (χ0n) is 15.9. The highest BCUT2D eigenvalue weighted by Crippen LogP contribution is 2.36. The lowest BCUT2D eigenvalue weighted by Crippen LogP contribution is -2.38. The third kappa shape index (κ3) is 3.65. The van der Waals surface area contributed by atoms with Gasteiger partial charge in [0.15, 0.2) is 5.76 Å². The minimum atomic E-state index is -3.92. The van der Waals surface area contributed by atoms with Gasteiger partial charge in [-0.25, -0.2) is 8.42 Å². The smallest absolute Gasteiger partial charge is 0.266 e. The van der Waals surface area contributed by atoms with E-state index in [4.69, 9.17) is 14.6 Å². The molecule has 29 heavy (non-hydrogen) atoms. The highest BCUT2D eigenvalue weighted by atomic mass is 32.2. The molecule has 0 aliphatic carbocycles. The fourth-order valence-corrected chi connectivity index (χ4v) is 4.70. The molecule has 2 N–H and O–H groups in total. The van der Waals surface area contributed by atoms with Crippen molar-refractivity contribution in [3.63, 3.8) is 0 Å². The first kappa shape index (κ1) is 19.3. The van der Waals surface area contributed by atoms with Crippen molar-refractivity contribution in [1.29, 1.82) is 0 Å². The predicted molar refractivity (Wildman–Crippen MR) is 105 cm³/mol. The van der Waals surface area contributed by atoms with Crippen molar-refractivity contribution in [3.05, 3.63) is 48.2 Å². The number of amides is 1. The summed E-state index contributed by atoms with van der Waals surface area (Å²) in [4.78, 5) is 17.7. The Balaban J connectivity index is 1.76. The lowest BCUT2D eigenvalue weighted by atomic mass is 9.96. The molecular weight excluding hydrogens is 394 g/mol. The summed E-state index contributed by atoms with van der Waals surface area (Å²) in [6, 6.07) is 9.89. The van der Waals surface area contributed by atoms with Crippen LogP contribution in [0.5, 0.6) is 0 Å². The zero-order chi connectivity index (χ0) is 20.6. The van der Waals surface area contributed by atoms with E-state index < -0.39 is 9.84 Å². The Bertz CT molecular complexity index is 1110. The summed E-state index contributed by atoms with van der Waals surface area (Å²) in [5.74, 6) is 0.0121. The summed E-state index contributed by atoms with van der Waals surface area (Å²) >= 11 is 0. The van der Waals surface area contributed by atoms with Crippen molar-refractivity contribution in [2.75, 3.05) is 18.0 Å². The van der Waals surface area contributed by atoms with Crippen molar-refractivity contribution >= 4 is 21.6 Å². The van der Waals surface area contributed by atoms with Crippen LogP contribution in [-0.4, -0.2) is 32.4 Å². The van der Waals surface area contributed by atoms with Gasteiger partial charge in [0.1, 0.15) is 0 Å². The lowest BCUT2D eigenvalue weighted by molar-refractivity contribution is -0.122. The molecule has 1 aromatic carbocycles. The normalized spacial score (nSPS) is 15.6. The average molecular weight is 415 g/mol. The minimum Gasteiger partial charge on any atom is -0.459 e. The van der Waals surface area contributed by atoms with Crippen molar-refractivity contribution < 1.29 is 22.0 Å². The molecule has 8 nitrogen and oxygen atoms in total. The molecule has 3 heterocycles. The standard InChI is InChI=1S/C20H21N3O5S/c1-13-4-6-15(7-5-13)29(25,26)19-20(23-10-8-14(9-11-23)17(21)24)28-18(22-19)16-3-2-12-27-16/h2-7,12,14H,8-11H2,1H3,(H2,21,24). The Morgan fingerprint density at radius 1 is 1.17 bits per heavy atom. The molecule has 0 bridgehead atoms. The first-order valence-corrected chi connectivity index (χ1v) is 10.8. The maximum atomic E-state index is 13.3. The monoisotopic (exact) mass is 415 g/mol. The number of anilines is 1. The largest absolute Gasteiger partial charge is 0.459 e. The van der Waals surface area contributed by atoms with Crippen molar-refractivity contribution in [1.82, 2.24) is 4.98 Å². The third-order valence-corrected chi connectivity index (χ3v) is 6.75. The molecule has 2 aromatic heterocycles. The minimum absolute atomic E-state index is 0.0905. The van der Waals surface area contributed by atoms with Crippen LogP contribution in [0.3, 0.4) is 0 Å². The maximum absolute atomic E-state index is 13.3. The molecule has 1 aliphatic rings. The van der Waals surface area contributed by atoms with Gasteiger partial charge >= 0.3 is 0 Å². The van der Waals surface area contributed by atoms with Gasteiger partial charge in [-0.15, -0.1) is 0 Å². The van der Waals surface area contributed by atoms with Crippen LogP contribution < -0.4 is 10.6 Å². The van der Waals surface area contributed by atoms with Crippen LogP contribution in [0, 0.1) is 12.8 Å². The number of benzene rings is 1. The molecule has 1 amide bonds. The van der Waals surface area contributed by atoms with Gasteiger partial charge in [0.05, 0.1) is 11.2 Å². The van der Waals surface area contributed by atoms with Crippen molar-refractivity contribution in [2.45, 2.75) is 29.7 Å². The number of oxazole rings is 1. The van der Waals surface area contributed by atoms with E-state index in [1.165, 1.54) is 6.26 Å². The highest BCUT2D eigenvalue weighted by Gasteiger charge is 2.34. The van der Waals surface area contributed by atoms with E-state index in [-0.39, 0.29) is 33.5 Å². The molecule has 0 spiro atoms. The molecule has 0 saturated carbocycles. The van der Waals surface area contributed by atoms with Gasteiger partial charge in [-0.2, -0.15) is 4.98 Å². The first-order chi connectivity index (χ1) is 13.9. The molecule has 152 valence electrons. The number of aryl methyl sites for hydroxylation is 1. The number of nitrogens with two attached hydrogens (primary N) is 1. The molecule has 0 radical (unpaired) electrons. The molecule has 1 saturated heterocycles. The number of sulfone groups is 1. The van der Waals surface area contributed by atoms with Crippen LogP contribution in [0.2, 0.25) is 0 Å². The van der Waals surface area contributed by atoms with Gasteiger partial charge in [0.2, 0.25) is 26.7 Å².